The third-order valence-corrected chi connectivity index (χ3v) is 4.34. The predicted molar refractivity (Wildman–Crippen MR) is 84.2 cm³/mol. The SMILES string of the molecule is Cc1nc(N[C-]=O)nc2c1ncn2C1OC(CO)C2OC(C)(C)OC21.[Rb+]. The molecule has 4 rings (SSSR count). The summed E-state index contributed by atoms with van der Waals surface area (Å²) in [6.45, 7) is 5.21. The van der Waals surface area contributed by atoms with E-state index in [0.29, 0.717) is 16.9 Å². The number of rotatable bonds is 4. The Morgan fingerprint density at radius 3 is 2.77 bits per heavy atom. The topological polar surface area (TPSA) is 121 Å². The zero-order chi connectivity index (χ0) is 17.8. The van der Waals surface area contributed by atoms with E-state index >= 15 is 0 Å². The molecule has 0 spiro atoms. The number of carbonyl (C=O) groups excluding carboxylic acids is 1. The van der Waals surface area contributed by atoms with Gasteiger partial charge in [0.05, 0.1) is 25.3 Å². The number of nitrogens with one attached hydrogen (secondary N) is 1. The number of nitrogens with zero attached hydrogens (tertiary/aromatic N) is 4. The molecule has 4 atom stereocenters. The van der Waals surface area contributed by atoms with Crippen LogP contribution in [0.4, 0.5) is 5.95 Å². The van der Waals surface area contributed by atoms with Gasteiger partial charge < -0.3 is 34.4 Å². The number of fused-ring (bicyclic) bond motifs is 2. The second kappa shape index (κ2) is 7.59. The Kier molecular flexibility index (Phi) is 5.95. The van der Waals surface area contributed by atoms with Crippen LogP contribution in [0.25, 0.3) is 11.2 Å². The largest absolute Gasteiger partial charge is 1.00 e. The number of aliphatic hydroxyl groups excluding tert-OH is 1. The minimum atomic E-state index is -0.773. The summed E-state index contributed by atoms with van der Waals surface area (Å²) in [5.74, 6) is -0.649. The average Bonchev–Trinajstić information content (AvgIpc) is 3.18. The van der Waals surface area contributed by atoms with Crippen molar-refractivity contribution in [2.45, 2.75) is 51.1 Å². The van der Waals surface area contributed by atoms with Crippen LogP contribution in [0.15, 0.2) is 6.33 Å². The maximum atomic E-state index is 10.6. The van der Waals surface area contributed by atoms with Crippen molar-refractivity contribution < 1.29 is 82.3 Å². The number of ether oxygens (including phenoxy) is 3. The van der Waals surface area contributed by atoms with Crippen LogP contribution in [0.5, 0.6) is 0 Å². The molecular formula is C15H18N5O5Rb. The summed E-state index contributed by atoms with van der Waals surface area (Å²) in [5.41, 5.74) is 1.68. The normalized spacial score (nSPS) is 29.4. The zero-order valence-corrected chi connectivity index (χ0v) is 19.9. The van der Waals surface area contributed by atoms with E-state index in [1.807, 2.05) is 13.8 Å². The van der Waals surface area contributed by atoms with Crippen LogP contribution >= 0.6 is 0 Å². The average molecular weight is 434 g/mol. The summed E-state index contributed by atoms with van der Waals surface area (Å²) in [6, 6.07) is 0. The number of amides is 1. The Labute approximate surface area is 198 Å². The molecule has 2 aliphatic rings. The molecule has 2 N–H and O–H groups in total. The number of aromatic nitrogens is 4. The number of anilines is 1. The zero-order valence-electron chi connectivity index (χ0n) is 15.0. The van der Waals surface area contributed by atoms with Crippen LogP contribution in [0.3, 0.4) is 0 Å². The fourth-order valence-corrected chi connectivity index (χ4v) is 3.38. The van der Waals surface area contributed by atoms with Crippen molar-refractivity contribution in [3.05, 3.63) is 12.0 Å². The Morgan fingerprint density at radius 1 is 1.35 bits per heavy atom. The number of aliphatic hydroxyl groups is 1. The molecule has 11 heteroatoms. The fourth-order valence-electron chi connectivity index (χ4n) is 3.38. The van der Waals surface area contributed by atoms with Crippen molar-refractivity contribution in [3.63, 3.8) is 0 Å². The van der Waals surface area contributed by atoms with Crippen molar-refractivity contribution in [1.82, 2.24) is 19.5 Å². The summed E-state index contributed by atoms with van der Waals surface area (Å²) in [4.78, 5) is 23.4. The molecule has 0 bridgehead atoms. The molecule has 1 amide bonds. The first-order valence-electron chi connectivity index (χ1n) is 7.90. The molecule has 0 aromatic carbocycles. The van der Waals surface area contributed by atoms with Gasteiger partial charge in [0.1, 0.15) is 29.5 Å². The molecular weight excluding hydrogens is 416 g/mol. The van der Waals surface area contributed by atoms with E-state index in [1.54, 1.807) is 24.2 Å². The van der Waals surface area contributed by atoms with E-state index in [-0.39, 0.29) is 70.7 Å². The Balaban J connectivity index is 0.00000196. The molecule has 0 saturated carbocycles. The first-order chi connectivity index (χ1) is 11.9. The smallest absolute Gasteiger partial charge is 0.460 e. The fraction of sp³-hybridized carbons (Fsp3) is 0.600. The quantitative estimate of drug-likeness (QED) is 0.387. The van der Waals surface area contributed by atoms with E-state index in [0.717, 1.165) is 0 Å². The monoisotopic (exact) mass is 433 g/mol. The van der Waals surface area contributed by atoms with Gasteiger partial charge in [0, 0.05) is 5.69 Å². The number of aryl methyl sites for hydroxylation is 1. The Bertz CT molecular complexity index is 828. The van der Waals surface area contributed by atoms with Crippen molar-refractivity contribution in [1.29, 1.82) is 0 Å². The molecule has 4 unspecified atom stereocenters. The minimum Gasteiger partial charge on any atom is -0.460 e. The molecule has 0 radical (unpaired) electrons. The molecule has 134 valence electrons. The molecule has 26 heavy (non-hydrogen) atoms. The molecule has 2 fully saturated rings. The van der Waals surface area contributed by atoms with Gasteiger partial charge in [-0.05, 0) is 20.8 Å². The van der Waals surface area contributed by atoms with Crippen LogP contribution in [0.2, 0.25) is 0 Å². The van der Waals surface area contributed by atoms with Gasteiger partial charge >= 0.3 is 58.2 Å². The maximum absolute atomic E-state index is 10.6. The third kappa shape index (κ3) is 3.41. The van der Waals surface area contributed by atoms with Crippen molar-refractivity contribution in [3.8, 4) is 0 Å². The number of hydrogen-bond donors (Lipinski definition) is 2. The summed E-state index contributed by atoms with van der Waals surface area (Å²) in [7, 11) is 0. The van der Waals surface area contributed by atoms with E-state index in [2.05, 4.69) is 20.3 Å². The van der Waals surface area contributed by atoms with Crippen molar-refractivity contribution >= 4 is 23.5 Å². The summed E-state index contributed by atoms with van der Waals surface area (Å²) in [6.07, 6.45) is 1.23. The molecule has 0 aliphatic carbocycles. The van der Waals surface area contributed by atoms with Gasteiger partial charge in [-0.2, -0.15) is 0 Å². The van der Waals surface area contributed by atoms with Gasteiger partial charge in [0.25, 0.3) is 0 Å². The van der Waals surface area contributed by atoms with E-state index in [1.165, 1.54) is 0 Å². The van der Waals surface area contributed by atoms with Crippen molar-refractivity contribution in [2.75, 3.05) is 11.9 Å². The number of imidazole rings is 1. The predicted octanol–water partition coefficient (Wildman–Crippen LogP) is -2.97. The molecule has 10 nitrogen and oxygen atoms in total. The van der Waals surface area contributed by atoms with E-state index in [9.17, 15) is 9.90 Å². The van der Waals surface area contributed by atoms with Gasteiger partial charge in [-0.15, -0.1) is 0 Å². The van der Waals surface area contributed by atoms with Gasteiger partial charge in [-0.1, -0.05) is 0 Å². The first-order valence-corrected chi connectivity index (χ1v) is 7.90. The summed E-state index contributed by atoms with van der Waals surface area (Å²) >= 11 is 0. The van der Waals surface area contributed by atoms with Crippen LogP contribution < -0.4 is 63.5 Å². The van der Waals surface area contributed by atoms with Crippen LogP contribution in [0, 0.1) is 6.92 Å². The molecule has 2 aliphatic heterocycles. The second-order valence-corrected chi connectivity index (χ2v) is 6.50. The Hall–Kier alpha value is -0.335. The van der Waals surface area contributed by atoms with Crippen LogP contribution in [0.1, 0.15) is 25.8 Å². The molecule has 2 aromatic rings. The van der Waals surface area contributed by atoms with E-state index < -0.39 is 30.3 Å². The Morgan fingerprint density at radius 2 is 2.08 bits per heavy atom. The van der Waals surface area contributed by atoms with Crippen molar-refractivity contribution in [2.24, 2.45) is 0 Å². The molecule has 4 heterocycles. The second-order valence-electron chi connectivity index (χ2n) is 6.50. The molecule has 2 aromatic heterocycles. The third-order valence-electron chi connectivity index (χ3n) is 4.34. The summed E-state index contributed by atoms with van der Waals surface area (Å²) < 4.78 is 19.5. The first kappa shape index (κ1) is 20.4. The van der Waals surface area contributed by atoms with Crippen LogP contribution in [-0.4, -0.2) is 61.7 Å². The standard InChI is InChI=1S/C15H18N5O5.Rb/c1-7-9-12(19-14(18-7)17-6-22)20(5-16-9)13-11-10(8(4-21)23-13)24-15(2,3)25-11;/h5,8,10-11,13,21H,4H2,1-3H3,(H,17,18,19,22);/q-1;+1. The van der Waals surface area contributed by atoms with E-state index in [4.69, 9.17) is 14.2 Å². The minimum absolute atomic E-state index is 0. The van der Waals surface area contributed by atoms with Gasteiger partial charge in [-0.3, -0.25) is 9.55 Å². The van der Waals surface area contributed by atoms with Gasteiger partial charge in [0.2, 0.25) is 0 Å². The van der Waals surface area contributed by atoms with Gasteiger partial charge in [-0.25, -0.2) is 4.98 Å². The number of hydrogen-bond acceptors (Lipinski definition) is 8. The van der Waals surface area contributed by atoms with Crippen LogP contribution in [-0.2, 0) is 19.0 Å². The summed E-state index contributed by atoms with van der Waals surface area (Å²) in [5, 5.41) is 11.9. The van der Waals surface area contributed by atoms with Gasteiger partial charge in [0.15, 0.2) is 12.0 Å². The molecule has 2 saturated heterocycles. The maximum Gasteiger partial charge on any atom is 1.00 e.